The van der Waals surface area contributed by atoms with Crippen LogP contribution in [0, 0.1) is 0 Å². The first kappa shape index (κ1) is 17.9. The number of hydrogen-bond acceptors (Lipinski definition) is 4. The van der Waals surface area contributed by atoms with Crippen LogP contribution in [0.2, 0.25) is 0 Å². The summed E-state index contributed by atoms with van der Waals surface area (Å²) in [4.78, 5) is 0. The van der Waals surface area contributed by atoms with Crippen molar-refractivity contribution in [2.75, 3.05) is 26.9 Å². The molecule has 0 bridgehead atoms. The molecule has 4 heteroatoms. The van der Waals surface area contributed by atoms with E-state index in [0.29, 0.717) is 12.2 Å². The van der Waals surface area contributed by atoms with E-state index in [0.717, 1.165) is 45.3 Å². The molecule has 1 saturated carbocycles. The number of nitrogens with one attached hydrogen (secondary N) is 1. The van der Waals surface area contributed by atoms with Crippen molar-refractivity contribution >= 4 is 0 Å². The lowest BCUT2D eigenvalue weighted by Gasteiger charge is -2.32. The molecule has 0 radical (unpaired) electrons. The summed E-state index contributed by atoms with van der Waals surface area (Å²) in [5.74, 6) is 0. The van der Waals surface area contributed by atoms with Gasteiger partial charge in [-0.1, -0.05) is 13.8 Å². The fraction of sp³-hybridized carbons (Fsp3) is 1.00. The third kappa shape index (κ3) is 5.68. The first-order valence-corrected chi connectivity index (χ1v) is 8.20. The Balaban J connectivity index is 2.22. The Morgan fingerprint density at radius 1 is 1.25 bits per heavy atom. The molecule has 0 saturated heterocycles. The summed E-state index contributed by atoms with van der Waals surface area (Å²) in [5, 5.41) is 13.0. The Bertz CT molecular complexity index is 244. The van der Waals surface area contributed by atoms with Crippen molar-refractivity contribution in [3.63, 3.8) is 0 Å². The number of ether oxygens (including phenoxy) is 2. The fourth-order valence-corrected chi connectivity index (χ4v) is 3.14. The van der Waals surface area contributed by atoms with Crippen LogP contribution >= 0.6 is 0 Å². The molecule has 0 amide bonds. The van der Waals surface area contributed by atoms with Gasteiger partial charge < -0.3 is 19.9 Å². The number of aliphatic hydroxyl groups is 1. The molecule has 1 fully saturated rings. The Hall–Kier alpha value is -0.160. The van der Waals surface area contributed by atoms with Crippen LogP contribution in [0.15, 0.2) is 0 Å². The summed E-state index contributed by atoms with van der Waals surface area (Å²) < 4.78 is 11.4. The number of methoxy groups -OCH3 is 1. The first-order valence-electron chi connectivity index (χ1n) is 8.20. The van der Waals surface area contributed by atoms with Gasteiger partial charge in [0.25, 0.3) is 0 Å². The third-order valence-electron chi connectivity index (χ3n) is 4.60. The normalized spacial score (nSPS) is 26.4. The molecule has 1 aliphatic rings. The summed E-state index contributed by atoms with van der Waals surface area (Å²) in [5.41, 5.74) is -0.125. The van der Waals surface area contributed by atoms with E-state index in [1.54, 1.807) is 7.11 Å². The van der Waals surface area contributed by atoms with Gasteiger partial charge in [0.15, 0.2) is 0 Å². The third-order valence-corrected chi connectivity index (χ3v) is 4.60. The zero-order chi connectivity index (χ0) is 14.8. The van der Waals surface area contributed by atoms with Crippen molar-refractivity contribution in [1.29, 1.82) is 0 Å². The van der Waals surface area contributed by atoms with Crippen LogP contribution in [0.3, 0.4) is 0 Å². The van der Waals surface area contributed by atoms with Crippen molar-refractivity contribution in [3.05, 3.63) is 0 Å². The minimum Gasteiger partial charge on any atom is -0.394 e. The van der Waals surface area contributed by atoms with E-state index in [-0.39, 0.29) is 12.1 Å². The van der Waals surface area contributed by atoms with Crippen LogP contribution < -0.4 is 5.32 Å². The van der Waals surface area contributed by atoms with E-state index in [4.69, 9.17) is 9.47 Å². The molecule has 0 aromatic heterocycles. The maximum atomic E-state index is 9.60. The average Bonchev–Trinajstić information content (AvgIpc) is 2.50. The molecule has 0 aliphatic heterocycles. The maximum absolute atomic E-state index is 9.60. The molecular formula is C16H33NO3. The van der Waals surface area contributed by atoms with Crippen LogP contribution in [0.1, 0.15) is 58.8 Å². The highest BCUT2D eigenvalue weighted by Crippen LogP contribution is 2.24. The Kier molecular flexibility index (Phi) is 8.69. The smallest absolute Gasteiger partial charge is 0.0613 e. The zero-order valence-corrected chi connectivity index (χ0v) is 13.5. The summed E-state index contributed by atoms with van der Waals surface area (Å²) in [7, 11) is 1.79. The highest BCUT2D eigenvalue weighted by molar-refractivity contribution is 4.85. The number of aliphatic hydroxyl groups excluding tert-OH is 1. The summed E-state index contributed by atoms with van der Waals surface area (Å²) in [6.45, 7) is 6.10. The SMILES string of the molecule is CCNC(CC)(CO)CCCOC1CCCC(OC)C1. The van der Waals surface area contributed by atoms with Crippen molar-refractivity contribution in [3.8, 4) is 0 Å². The molecule has 0 spiro atoms. The Morgan fingerprint density at radius 2 is 2.00 bits per heavy atom. The molecule has 0 aromatic rings. The number of hydrogen-bond donors (Lipinski definition) is 2. The molecule has 2 N–H and O–H groups in total. The highest BCUT2D eigenvalue weighted by Gasteiger charge is 2.26. The molecule has 0 heterocycles. The molecule has 4 nitrogen and oxygen atoms in total. The van der Waals surface area contributed by atoms with Crippen LogP contribution in [-0.2, 0) is 9.47 Å². The lowest BCUT2D eigenvalue weighted by Crippen LogP contribution is -2.48. The van der Waals surface area contributed by atoms with Crippen LogP contribution in [0.25, 0.3) is 0 Å². The van der Waals surface area contributed by atoms with E-state index < -0.39 is 0 Å². The van der Waals surface area contributed by atoms with Gasteiger partial charge in [-0.05, 0) is 51.5 Å². The van der Waals surface area contributed by atoms with Gasteiger partial charge in [-0.3, -0.25) is 0 Å². The molecular weight excluding hydrogens is 254 g/mol. The zero-order valence-electron chi connectivity index (χ0n) is 13.5. The van der Waals surface area contributed by atoms with Gasteiger partial charge in [-0.15, -0.1) is 0 Å². The van der Waals surface area contributed by atoms with E-state index in [1.807, 2.05) is 0 Å². The van der Waals surface area contributed by atoms with E-state index in [9.17, 15) is 5.11 Å². The fourth-order valence-electron chi connectivity index (χ4n) is 3.14. The lowest BCUT2D eigenvalue weighted by molar-refractivity contribution is -0.0320. The van der Waals surface area contributed by atoms with Crippen molar-refractivity contribution in [2.45, 2.75) is 76.5 Å². The lowest BCUT2D eigenvalue weighted by atomic mass is 9.91. The van der Waals surface area contributed by atoms with Gasteiger partial charge in [0.05, 0.1) is 18.8 Å². The van der Waals surface area contributed by atoms with E-state index in [1.165, 1.54) is 12.8 Å². The second-order valence-corrected chi connectivity index (χ2v) is 5.94. The maximum Gasteiger partial charge on any atom is 0.0613 e. The largest absolute Gasteiger partial charge is 0.394 e. The summed E-state index contributed by atoms with van der Waals surface area (Å²) in [6, 6.07) is 0. The van der Waals surface area contributed by atoms with E-state index >= 15 is 0 Å². The Labute approximate surface area is 124 Å². The van der Waals surface area contributed by atoms with Gasteiger partial charge in [0.2, 0.25) is 0 Å². The summed E-state index contributed by atoms with van der Waals surface area (Å²) in [6.07, 6.45) is 8.21. The van der Waals surface area contributed by atoms with Gasteiger partial charge in [0, 0.05) is 19.3 Å². The van der Waals surface area contributed by atoms with Gasteiger partial charge >= 0.3 is 0 Å². The molecule has 120 valence electrons. The van der Waals surface area contributed by atoms with Gasteiger partial charge in [-0.25, -0.2) is 0 Å². The minimum atomic E-state index is -0.125. The number of rotatable bonds is 10. The molecule has 0 aromatic carbocycles. The molecule has 3 atom stereocenters. The van der Waals surface area contributed by atoms with E-state index in [2.05, 4.69) is 19.2 Å². The topological polar surface area (TPSA) is 50.7 Å². The van der Waals surface area contributed by atoms with Gasteiger partial charge in [0.1, 0.15) is 0 Å². The molecule has 20 heavy (non-hydrogen) atoms. The second-order valence-electron chi connectivity index (χ2n) is 5.94. The quantitative estimate of drug-likeness (QED) is 0.606. The van der Waals surface area contributed by atoms with Gasteiger partial charge in [-0.2, -0.15) is 0 Å². The van der Waals surface area contributed by atoms with Crippen molar-refractivity contribution in [1.82, 2.24) is 5.32 Å². The first-order chi connectivity index (χ1) is 9.69. The summed E-state index contributed by atoms with van der Waals surface area (Å²) >= 11 is 0. The minimum absolute atomic E-state index is 0.125. The average molecular weight is 287 g/mol. The molecule has 1 aliphatic carbocycles. The standard InChI is InChI=1S/C16H33NO3/c1-4-16(13-18,17-5-2)10-7-11-20-15-9-6-8-14(12-15)19-3/h14-15,17-18H,4-13H2,1-3H3. The predicted octanol–water partition coefficient (Wildman–Crippen LogP) is 2.49. The number of likely N-dealkylation sites (N-methyl/N-ethyl adjacent to an activating group) is 1. The van der Waals surface area contributed by atoms with Crippen molar-refractivity contribution in [2.24, 2.45) is 0 Å². The van der Waals surface area contributed by atoms with Crippen LogP contribution in [0.4, 0.5) is 0 Å². The molecule has 3 unspecified atom stereocenters. The van der Waals surface area contributed by atoms with Crippen molar-refractivity contribution < 1.29 is 14.6 Å². The highest BCUT2D eigenvalue weighted by atomic mass is 16.5. The van der Waals surface area contributed by atoms with Crippen LogP contribution in [0.5, 0.6) is 0 Å². The van der Waals surface area contributed by atoms with Crippen LogP contribution in [-0.4, -0.2) is 49.7 Å². The molecule has 1 rings (SSSR count). The second kappa shape index (κ2) is 9.72. The Morgan fingerprint density at radius 3 is 2.60 bits per heavy atom. The predicted molar refractivity (Wildman–Crippen MR) is 82.0 cm³/mol. The monoisotopic (exact) mass is 287 g/mol.